The second kappa shape index (κ2) is 7.35. The summed E-state index contributed by atoms with van der Waals surface area (Å²) in [6, 6.07) is 17.7. The van der Waals surface area contributed by atoms with Crippen LogP contribution in [0, 0.1) is 11.3 Å². The van der Waals surface area contributed by atoms with Crippen LogP contribution in [0.5, 0.6) is 11.5 Å². The number of ether oxygens (including phenoxy) is 2. The molecule has 2 aromatic carbocycles. The van der Waals surface area contributed by atoms with Crippen LogP contribution in [-0.4, -0.2) is 13.2 Å². The molecule has 0 bridgehead atoms. The molecule has 0 aliphatic carbocycles. The van der Waals surface area contributed by atoms with Gasteiger partial charge in [-0.25, -0.2) is 0 Å². The fraction of sp³-hybridized carbons (Fsp3) is 0.278. The molecule has 0 amide bonds. The van der Waals surface area contributed by atoms with Crippen molar-refractivity contribution in [2.45, 2.75) is 19.8 Å². The van der Waals surface area contributed by atoms with Gasteiger partial charge in [-0.05, 0) is 49.2 Å². The van der Waals surface area contributed by atoms with Crippen molar-refractivity contribution in [3.63, 3.8) is 0 Å². The number of nitrogens with zero attached hydrogens (tertiary/aromatic N) is 1. The van der Waals surface area contributed by atoms with E-state index in [9.17, 15) is 5.26 Å². The van der Waals surface area contributed by atoms with E-state index < -0.39 is 0 Å². The second-order valence-electron chi connectivity index (χ2n) is 4.57. The average Bonchev–Trinajstić information content (AvgIpc) is 2.50. The third kappa shape index (κ3) is 3.76. The first-order chi connectivity index (χ1) is 10.3. The first kappa shape index (κ1) is 14.9. The molecular formula is C18H19NO2. The normalized spacial score (nSPS) is 10.2. The van der Waals surface area contributed by atoms with E-state index in [1.165, 1.54) is 0 Å². The fourth-order valence-electron chi connectivity index (χ4n) is 2.24. The molecule has 108 valence electrons. The van der Waals surface area contributed by atoms with Gasteiger partial charge in [0.1, 0.15) is 11.5 Å². The summed E-state index contributed by atoms with van der Waals surface area (Å²) in [5.41, 5.74) is 1.86. The van der Waals surface area contributed by atoms with Crippen molar-refractivity contribution >= 4 is 0 Å². The Morgan fingerprint density at radius 3 is 1.76 bits per heavy atom. The highest BCUT2D eigenvalue weighted by Crippen LogP contribution is 2.29. The number of hydrogen-bond donors (Lipinski definition) is 0. The molecule has 0 fully saturated rings. The topological polar surface area (TPSA) is 42.2 Å². The lowest BCUT2D eigenvalue weighted by molar-refractivity contribution is 0.339. The number of benzene rings is 2. The van der Waals surface area contributed by atoms with Crippen LogP contribution in [-0.2, 0) is 0 Å². The Bertz CT molecular complexity index is 582. The summed E-state index contributed by atoms with van der Waals surface area (Å²) in [5.74, 6) is 1.25. The number of hydrogen-bond acceptors (Lipinski definition) is 3. The van der Waals surface area contributed by atoms with E-state index in [1.807, 2.05) is 62.4 Å². The maximum absolute atomic E-state index is 9.54. The molecule has 0 spiro atoms. The quantitative estimate of drug-likeness (QED) is 0.799. The lowest BCUT2D eigenvalue weighted by Crippen LogP contribution is -2.00. The molecule has 3 nitrogen and oxygen atoms in total. The molecule has 21 heavy (non-hydrogen) atoms. The van der Waals surface area contributed by atoms with Crippen LogP contribution in [0.4, 0.5) is 0 Å². The zero-order valence-electron chi connectivity index (χ0n) is 12.4. The lowest BCUT2D eigenvalue weighted by atomic mass is 9.92. The molecule has 0 aliphatic rings. The van der Waals surface area contributed by atoms with E-state index in [4.69, 9.17) is 9.47 Å². The molecule has 0 atom stereocenters. The van der Waals surface area contributed by atoms with Crippen molar-refractivity contribution in [2.75, 3.05) is 13.2 Å². The standard InChI is InChI=1S/C18H19NO2/c1-3-20-16-9-5-7-14(11-16)18(13-19)15-8-6-10-17(12-15)21-4-2/h5-12,18H,3-4H2,1-2H3. The summed E-state index contributed by atoms with van der Waals surface area (Å²) in [7, 11) is 0. The molecule has 0 saturated carbocycles. The number of nitriles is 1. The Labute approximate surface area is 125 Å². The van der Waals surface area contributed by atoms with Gasteiger partial charge in [-0.2, -0.15) is 5.26 Å². The van der Waals surface area contributed by atoms with Gasteiger partial charge in [0.15, 0.2) is 0 Å². The summed E-state index contributed by atoms with van der Waals surface area (Å²) in [5, 5.41) is 9.54. The van der Waals surface area contributed by atoms with Gasteiger partial charge >= 0.3 is 0 Å². The predicted molar refractivity (Wildman–Crippen MR) is 82.7 cm³/mol. The van der Waals surface area contributed by atoms with Crippen LogP contribution in [0.3, 0.4) is 0 Å². The first-order valence-electron chi connectivity index (χ1n) is 7.13. The molecule has 2 aromatic rings. The summed E-state index contributed by atoms with van der Waals surface area (Å²) in [6.45, 7) is 5.11. The summed E-state index contributed by atoms with van der Waals surface area (Å²) < 4.78 is 11.0. The van der Waals surface area contributed by atoms with Gasteiger partial charge < -0.3 is 9.47 Å². The molecule has 0 aromatic heterocycles. The first-order valence-corrected chi connectivity index (χ1v) is 7.13. The fourth-order valence-corrected chi connectivity index (χ4v) is 2.24. The molecule has 0 heterocycles. The van der Waals surface area contributed by atoms with Gasteiger partial charge in [0.05, 0.1) is 25.2 Å². The van der Waals surface area contributed by atoms with E-state index in [1.54, 1.807) is 0 Å². The van der Waals surface area contributed by atoms with Crippen molar-refractivity contribution in [3.05, 3.63) is 59.7 Å². The van der Waals surface area contributed by atoms with E-state index in [0.29, 0.717) is 13.2 Å². The van der Waals surface area contributed by atoms with E-state index in [2.05, 4.69) is 6.07 Å². The summed E-state index contributed by atoms with van der Waals surface area (Å²) >= 11 is 0. The molecule has 0 radical (unpaired) electrons. The van der Waals surface area contributed by atoms with Crippen LogP contribution in [0.2, 0.25) is 0 Å². The SMILES string of the molecule is CCOc1cccc(C(C#N)c2cccc(OCC)c2)c1. The minimum atomic E-state index is -0.328. The van der Waals surface area contributed by atoms with Crippen LogP contribution in [0.25, 0.3) is 0 Å². The number of rotatable bonds is 6. The third-order valence-corrected chi connectivity index (χ3v) is 3.13. The van der Waals surface area contributed by atoms with Crippen molar-refractivity contribution in [2.24, 2.45) is 0 Å². The van der Waals surface area contributed by atoms with Crippen molar-refractivity contribution in [1.82, 2.24) is 0 Å². The highest BCUT2D eigenvalue weighted by atomic mass is 16.5. The van der Waals surface area contributed by atoms with Gasteiger partial charge in [-0.1, -0.05) is 24.3 Å². The largest absolute Gasteiger partial charge is 0.494 e. The van der Waals surface area contributed by atoms with Crippen LogP contribution in [0.1, 0.15) is 30.9 Å². The molecule has 3 heteroatoms. The monoisotopic (exact) mass is 281 g/mol. The zero-order valence-corrected chi connectivity index (χ0v) is 12.4. The van der Waals surface area contributed by atoms with E-state index in [-0.39, 0.29) is 5.92 Å². The summed E-state index contributed by atoms with van der Waals surface area (Å²) in [4.78, 5) is 0. The van der Waals surface area contributed by atoms with Crippen molar-refractivity contribution in [1.29, 1.82) is 5.26 Å². The van der Waals surface area contributed by atoms with Crippen LogP contribution >= 0.6 is 0 Å². The van der Waals surface area contributed by atoms with Gasteiger partial charge in [-0.3, -0.25) is 0 Å². The highest BCUT2D eigenvalue weighted by molar-refractivity contribution is 5.43. The average molecular weight is 281 g/mol. The van der Waals surface area contributed by atoms with Crippen LogP contribution < -0.4 is 9.47 Å². The van der Waals surface area contributed by atoms with Gasteiger partial charge in [-0.15, -0.1) is 0 Å². The maximum Gasteiger partial charge on any atom is 0.119 e. The van der Waals surface area contributed by atoms with E-state index in [0.717, 1.165) is 22.6 Å². The predicted octanol–water partition coefficient (Wildman–Crippen LogP) is 4.14. The van der Waals surface area contributed by atoms with Crippen LogP contribution in [0.15, 0.2) is 48.5 Å². The molecule has 0 N–H and O–H groups in total. The maximum atomic E-state index is 9.54. The van der Waals surface area contributed by atoms with Gasteiger partial charge in [0, 0.05) is 0 Å². The molecule has 0 aliphatic heterocycles. The Kier molecular flexibility index (Phi) is 5.22. The van der Waals surface area contributed by atoms with Crippen molar-refractivity contribution < 1.29 is 9.47 Å². The second-order valence-corrected chi connectivity index (χ2v) is 4.57. The molecule has 2 rings (SSSR count). The zero-order chi connectivity index (χ0) is 15.1. The highest BCUT2D eigenvalue weighted by Gasteiger charge is 2.14. The third-order valence-electron chi connectivity index (χ3n) is 3.13. The Balaban J connectivity index is 2.33. The minimum Gasteiger partial charge on any atom is -0.494 e. The smallest absolute Gasteiger partial charge is 0.119 e. The van der Waals surface area contributed by atoms with Gasteiger partial charge in [0.25, 0.3) is 0 Å². The van der Waals surface area contributed by atoms with Gasteiger partial charge in [0.2, 0.25) is 0 Å². The minimum absolute atomic E-state index is 0.328. The lowest BCUT2D eigenvalue weighted by Gasteiger charge is -2.13. The Morgan fingerprint density at radius 2 is 1.38 bits per heavy atom. The Morgan fingerprint density at radius 1 is 0.905 bits per heavy atom. The molecule has 0 saturated heterocycles. The molecular weight excluding hydrogens is 262 g/mol. The Hall–Kier alpha value is -2.47. The van der Waals surface area contributed by atoms with Crippen molar-refractivity contribution in [3.8, 4) is 17.6 Å². The summed E-state index contributed by atoms with van der Waals surface area (Å²) in [6.07, 6.45) is 0. The molecule has 0 unspecified atom stereocenters. The van der Waals surface area contributed by atoms with E-state index >= 15 is 0 Å².